The van der Waals surface area contributed by atoms with E-state index in [2.05, 4.69) is 0 Å². The van der Waals surface area contributed by atoms with Gasteiger partial charge >= 0.3 is 11.9 Å². The molecule has 4 unspecified atom stereocenters. The molecule has 43 heavy (non-hydrogen) atoms. The zero-order valence-electron chi connectivity index (χ0n) is 23.2. The van der Waals surface area contributed by atoms with Crippen molar-refractivity contribution in [3.05, 3.63) is 59.7 Å². The summed E-state index contributed by atoms with van der Waals surface area (Å²) in [4.78, 5) is 25.7. The van der Waals surface area contributed by atoms with Gasteiger partial charge < -0.3 is 59.1 Å². The molecule has 2 aromatic carbocycles. The van der Waals surface area contributed by atoms with E-state index < -0.39 is 84.9 Å². The zero-order valence-corrected chi connectivity index (χ0v) is 24.0. The lowest BCUT2D eigenvalue weighted by Gasteiger charge is -2.45. The van der Waals surface area contributed by atoms with Gasteiger partial charge in [0.05, 0.1) is 38.6 Å². The Balaban J connectivity index is 1.51. The molecule has 2 aliphatic heterocycles. The van der Waals surface area contributed by atoms with Crippen molar-refractivity contribution in [1.29, 1.82) is 0 Å². The molecule has 2 aromatic rings. The number of methoxy groups -OCH3 is 2. The van der Waals surface area contributed by atoms with Gasteiger partial charge in [-0.05, 0) is 36.4 Å². The Bertz CT molecular complexity index is 1150. The van der Waals surface area contributed by atoms with Gasteiger partial charge in [-0.2, -0.15) is 0 Å². The Kier molecular flexibility index (Phi) is 11.2. The first kappa shape index (κ1) is 32.9. The number of thioether (sulfide) groups is 1. The Morgan fingerprint density at radius 3 is 1.44 bits per heavy atom. The van der Waals surface area contributed by atoms with Crippen molar-refractivity contribution in [1.82, 2.24) is 0 Å². The predicted molar refractivity (Wildman–Crippen MR) is 148 cm³/mol. The molecule has 0 amide bonds. The second-order valence-electron chi connectivity index (χ2n) is 9.75. The summed E-state index contributed by atoms with van der Waals surface area (Å²) in [5.74, 6) is -1.05. The van der Waals surface area contributed by atoms with Crippen molar-refractivity contribution < 1.29 is 68.6 Å². The molecule has 4 rings (SSSR count). The second kappa shape index (κ2) is 14.7. The first-order chi connectivity index (χ1) is 20.6. The van der Waals surface area contributed by atoms with Crippen LogP contribution in [0.3, 0.4) is 0 Å². The van der Waals surface area contributed by atoms with Gasteiger partial charge in [-0.3, -0.25) is 0 Å². The monoisotopic (exact) mass is 626 g/mol. The molecule has 15 heteroatoms. The van der Waals surface area contributed by atoms with Gasteiger partial charge in [-0.25, -0.2) is 9.59 Å². The minimum atomic E-state index is -1.70. The summed E-state index contributed by atoms with van der Waals surface area (Å²) in [5, 5.41) is 63.2. The number of rotatable bonds is 10. The molecule has 0 spiro atoms. The highest BCUT2D eigenvalue weighted by molar-refractivity contribution is 8.00. The van der Waals surface area contributed by atoms with Crippen LogP contribution in [-0.4, -0.2) is 130 Å². The van der Waals surface area contributed by atoms with Crippen LogP contribution in [0.25, 0.3) is 0 Å². The first-order valence-corrected chi connectivity index (χ1v) is 14.2. The van der Waals surface area contributed by atoms with Gasteiger partial charge in [0.1, 0.15) is 59.0 Å². The quantitative estimate of drug-likeness (QED) is 0.176. The average Bonchev–Trinajstić information content (AvgIpc) is 3.03. The maximum Gasteiger partial charge on any atom is 0.338 e. The van der Waals surface area contributed by atoms with Crippen molar-refractivity contribution in [3.8, 4) is 11.5 Å². The van der Waals surface area contributed by atoms with E-state index in [1.165, 1.54) is 38.5 Å². The summed E-state index contributed by atoms with van der Waals surface area (Å²) in [6.45, 7) is -1.43. The van der Waals surface area contributed by atoms with E-state index in [1.807, 2.05) is 0 Å². The summed E-state index contributed by atoms with van der Waals surface area (Å²) in [6, 6.07) is 12.0. The fraction of sp³-hybridized carbons (Fsp3) is 0.500. The number of esters is 2. The number of ether oxygens (including phenoxy) is 6. The van der Waals surface area contributed by atoms with Gasteiger partial charge in [0.2, 0.25) is 0 Å². The van der Waals surface area contributed by atoms with Crippen LogP contribution in [0.15, 0.2) is 48.5 Å². The second-order valence-corrected chi connectivity index (χ2v) is 11.0. The Hall–Kier alpha value is -2.99. The molecule has 10 atom stereocenters. The van der Waals surface area contributed by atoms with E-state index in [4.69, 9.17) is 28.4 Å². The molecule has 2 saturated heterocycles. The Labute approximate surface area is 250 Å². The number of benzene rings is 2. The van der Waals surface area contributed by atoms with Gasteiger partial charge in [0.25, 0.3) is 0 Å². The summed E-state index contributed by atoms with van der Waals surface area (Å²) >= 11 is 0.654. The van der Waals surface area contributed by atoms with Crippen LogP contribution in [0.4, 0.5) is 0 Å². The molecule has 14 nitrogen and oxygen atoms in total. The standard InChI is InChI=1S/C28H34O14S/c1-37-15-7-3-5-13(9-15)25(35)41-23-19(31)17(11-29)39-27(21(23)33)43-28-22(34)24(20(32)18(12-30)40-28)42-26(36)14-6-4-8-16(10-14)38-2/h3-10,17-24,27-34H,11-12H2,1-2H3/t17-,18?,19+,20+,21?,22?,23?,24+,27+,28+/m1/s1. The summed E-state index contributed by atoms with van der Waals surface area (Å²) in [6.07, 6.45) is -12.5. The Morgan fingerprint density at radius 1 is 0.698 bits per heavy atom. The number of hydrogen-bond acceptors (Lipinski definition) is 15. The maximum atomic E-state index is 12.9. The van der Waals surface area contributed by atoms with Gasteiger partial charge in [0, 0.05) is 0 Å². The molecule has 2 fully saturated rings. The molecule has 0 bridgehead atoms. The lowest BCUT2D eigenvalue weighted by molar-refractivity contribution is -0.215. The molecule has 2 heterocycles. The average molecular weight is 627 g/mol. The molecule has 2 aliphatic rings. The molecular weight excluding hydrogens is 592 g/mol. The van der Waals surface area contributed by atoms with Crippen LogP contribution in [0, 0.1) is 0 Å². The lowest BCUT2D eigenvalue weighted by atomic mass is 9.99. The maximum absolute atomic E-state index is 12.9. The molecule has 0 aromatic heterocycles. The van der Waals surface area contributed by atoms with E-state index in [1.54, 1.807) is 24.3 Å². The van der Waals surface area contributed by atoms with E-state index >= 15 is 0 Å². The number of aliphatic hydroxyl groups is 6. The Morgan fingerprint density at radius 2 is 1.09 bits per heavy atom. The number of carbonyl (C=O) groups excluding carboxylic acids is 2. The summed E-state index contributed by atoms with van der Waals surface area (Å²) in [5.41, 5.74) is -2.59. The third kappa shape index (κ3) is 7.39. The lowest BCUT2D eigenvalue weighted by Crippen LogP contribution is -2.62. The number of hydrogen-bond donors (Lipinski definition) is 6. The third-order valence-corrected chi connectivity index (χ3v) is 8.33. The molecule has 0 saturated carbocycles. The largest absolute Gasteiger partial charge is 0.497 e. The van der Waals surface area contributed by atoms with E-state index in [0.29, 0.717) is 23.3 Å². The van der Waals surface area contributed by atoms with E-state index in [0.717, 1.165) is 0 Å². The highest BCUT2D eigenvalue weighted by Gasteiger charge is 2.52. The minimum Gasteiger partial charge on any atom is -0.497 e. The highest BCUT2D eigenvalue weighted by Crippen LogP contribution is 2.38. The predicted octanol–water partition coefficient (Wildman–Crippen LogP) is -0.934. The number of aliphatic hydroxyl groups excluding tert-OH is 6. The summed E-state index contributed by atoms with van der Waals surface area (Å²) < 4.78 is 32.3. The number of carbonyl (C=O) groups is 2. The van der Waals surface area contributed by atoms with Gasteiger partial charge in [0.15, 0.2) is 12.2 Å². The van der Waals surface area contributed by atoms with Crippen LogP contribution in [-0.2, 0) is 18.9 Å². The van der Waals surface area contributed by atoms with Crippen molar-refractivity contribution in [2.75, 3.05) is 27.4 Å². The molecular formula is C28H34O14S. The van der Waals surface area contributed by atoms with E-state index in [9.17, 15) is 40.2 Å². The van der Waals surface area contributed by atoms with Crippen molar-refractivity contribution in [3.63, 3.8) is 0 Å². The highest BCUT2D eigenvalue weighted by atomic mass is 32.2. The molecule has 6 N–H and O–H groups in total. The SMILES string of the molecule is COc1cccc(C(=O)OC2C(O)[C@H](S[C@@H]3OC(CO)[C@H](O)[C@H](OC(=O)c4cccc(OC)c4)C3O)O[C@H](CO)[C@@H]2O)c1. The summed E-state index contributed by atoms with van der Waals surface area (Å²) in [7, 11) is 2.83. The van der Waals surface area contributed by atoms with Crippen LogP contribution < -0.4 is 9.47 Å². The van der Waals surface area contributed by atoms with Crippen molar-refractivity contribution in [2.24, 2.45) is 0 Å². The molecule has 236 valence electrons. The van der Waals surface area contributed by atoms with Crippen LogP contribution >= 0.6 is 11.8 Å². The normalized spacial score (nSPS) is 32.5. The van der Waals surface area contributed by atoms with Gasteiger partial charge in [-0.15, -0.1) is 0 Å². The van der Waals surface area contributed by atoms with Gasteiger partial charge in [-0.1, -0.05) is 23.9 Å². The third-order valence-electron chi connectivity index (χ3n) is 7.01. The first-order valence-electron chi connectivity index (χ1n) is 13.2. The molecule has 0 radical (unpaired) electrons. The van der Waals surface area contributed by atoms with Crippen molar-refractivity contribution >= 4 is 23.7 Å². The van der Waals surface area contributed by atoms with Crippen LogP contribution in [0.1, 0.15) is 20.7 Å². The van der Waals surface area contributed by atoms with Crippen LogP contribution in [0.5, 0.6) is 11.5 Å². The fourth-order valence-corrected chi connectivity index (χ4v) is 5.93. The topological polar surface area (TPSA) is 211 Å². The smallest absolute Gasteiger partial charge is 0.338 e. The van der Waals surface area contributed by atoms with Crippen LogP contribution in [0.2, 0.25) is 0 Å². The van der Waals surface area contributed by atoms with Crippen molar-refractivity contribution in [2.45, 2.75) is 59.7 Å². The molecule has 0 aliphatic carbocycles. The zero-order chi connectivity index (χ0) is 31.3. The minimum absolute atomic E-state index is 0.0708. The van der Waals surface area contributed by atoms with E-state index in [-0.39, 0.29) is 11.1 Å². The fourth-order valence-electron chi connectivity index (χ4n) is 4.63.